The highest BCUT2D eigenvalue weighted by Gasteiger charge is 2.31. The van der Waals surface area contributed by atoms with Crippen LogP contribution in [0.1, 0.15) is 16.8 Å². The molecular formula is C18H14F3N2S+. The number of benzene rings is 2. The molecule has 0 N–H and O–H groups in total. The summed E-state index contributed by atoms with van der Waals surface area (Å²) in [5.74, 6) is 0. The first-order valence-electron chi connectivity index (χ1n) is 7.48. The molecule has 0 unspecified atom stereocenters. The van der Waals surface area contributed by atoms with Gasteiger partial charge in [0.05, 0.1) is 5.56 Å². The molecule has 2 heterocycles. The van der Waals surface area contributed by atoms with E-state index in [-0.39, 0.29) is 0 Å². The number of alkyl halides is 3. The lowest BCUT2D eigenvalue weighted by atomic mass is 10.1. The quantitative estimate of drug-likeness (QED) is 0.460. The molecule has 0 aliphatic heterocycles. The van der Waals surface area contributed by atoms with Crippen LogP contribution in [-0.2, 0) is 12.7 Å². The predicted octanol–water partition coefficient (Wildman–Crippen LogP) is 4.82. The van der Waals surface area contributed by atoms with E-state index in [1.807, 2.05) is 31.2 Å². The highest BCUT2D eigenvalue weighted by atomic mass is 32.1. The molecule has 0 radical (unpaired) electrons. The van der Waals surface area contributed by atoms with Crippen LogP contribution in [0, 0.1) is 6.92 Å². The Labute approximate surface area is 140 Å². The molecule has 6 heteroatoms. The van der Waals surface area contributed by atoms with Crippen molar-refractivity contribution in [1.29, 1.82) is 0 Å². The summed E-state index contributed by atoms with van der Waals surface area (Å²) in [5, 5.41) is 2.06. The van der Waals surface area contributed by atoms with Gasteiger partial charge in [0.2, 0.25) is 0 Å². The van der Waals surface area contributed by atoms with Gasteiger partial charge in [-0.2, -0.15) is 17.6 Å². The summed E-state index contributed by atoms with van der Waals surface area (Å²) >= 11 is 1.60. The summed E-state index contributed by atoms with van der Waals surface area (Å²) in [6.07, 6.45) is -4.32. The fraction of sp³-hybridized carbons (Fsp3) is 0.167. The molecule has 122 valence electrons. The molecule has 2 nitrogen and oxygen atoms in total. The lowest BCUT2D eigenvalue weighted by molar-refractivity contribution is -0.634. The lowest BCUT2D eigenvalue weighted by Crippen LogP contribution is -2.33. The number of hydrogen-bond acceptors (Lipinski definition) is 1. The Morgan fingerprint density at radius 3 is 2.67 bits per heavy atom. The second-order valence-electron chi connectivity index (χ2n) is 5.77. The Morgan fingerprint density at radius 2 is 1.88 bits per heavy atom. The number of aromatic nitrogens is 2. The minimum Gasteiger partial charge on any atom is -0.209 e. The van der Waals surface area contributed by atoms with Crippen LogP contribution < -0.4 is 4.57 Å². The maximum Gasteiger partial charge on any atom is 0.416 e. The average Bonchev–Trinajstić information content (AvgIpc) is 3.07. The van der Waals surface area contributed by atoms with Crippen molar-refractivity contribution in [3.05, 3.63) is 70.7 Å². The number of imidazole rings is 1. The van der Waals surface area contributed by atoms with Crippen molar-refractivity contribution in [2.75, 3.05) is 0 Å². The summed E-state index contributed by atoms with van der Waals surface area (Å²) in [5.41, 5.74) is 3.24. The third-order valence-corrected chi connectivity index (χ3v) is 5.19. The zero-order chi connectivity index (χ0) is 16.9. The molecule has 2 aromatic carbocycles. The fourth-order valence-electron chi connectivity index (χ4n) is 3.04. The molecule has 0 saturated carbocycles. The van der Waals surface area contributed by atoms with Crippen LogP contribution in [0.5, 0.6) is 0 Å². The Bertz CT molecular complexity index is 1040. The average molecular weight is 347 g/mol. The van der Waals surface area contributed by atoms with Crippen molar-refractivity contribution in [2.24, 2.45) is 0 Å². The third kappa shape index (κ3) is 2.38. The van der Waals surface area contributed by atoms with Crippen molar-refractivity contribution in [1.82, 2.24) is 4.40 Å². The third-order valence-electron chi connectivity index (χ3n) is 4.12. The van der Waals surface area contributed by atoms with Crippen LogP contribution in [0.25, 0.3) is 16.0 Å². The Hall–Kier alpha value is -2.34. The van der Waals surface area contributed by atoms with Crippen molar-refractivity contribution < 1.29 is 17.7 Å². The van der Waals surface area contributed by atoms with E-state index in [9.17, 15) is 13.2 Å². The molecule has 0 amide bonds. The second-order valence-corrected chi connectivity index (χ2v) is 6.60. The van der Waals surface area contributed by atoms with Gasteiger partial charge < -0.3 is 0 Å². The van der Waals surface area contributed by atoms with Crippen molar-refractivity contribution in [3.63, 3.8) is 0 Å². The molecule has 0 spiro atoms. The molecule has 4 aromatic rings. The van der Waals surface area contributed by atoms with E-state index < -0.39 is 11.7 Å². The molecular weight excluding hydrogens is 333 g/mol. The van der Waals surface area contributed by atoms with E-state index in [0.29, 0.717) is 12.1 Å². The van der Waals surface area contributed by atoms with Gasteiger partial charge in [-0.25, -0.2) is 4.57 Å². The number of fused-ring (bicyclic) bond motifs is 3. The molecule has 0 atom stereocenters. The number of hydrogen-bond donors (Lipinski definition) is 0. The van der Waals surface area contributed by atoms with E-state index >= 15 is 0 Å². The molecule has 4 rings (SSSR count). The van der Waals surface area contributed by atoms with Crippen LogP contribution in [0.2, 0.25) is 0 Å². The van der Waals surface area contributed by atoms with Gasteiger partial charge in [0.15, 0.2) is 11.0 Å². The monoisotopic (exact) mass is 347 g/mol. The van der Waals surface area contributed by atoms with E-state index in [4.69, 9.17) is 0 Å². The van der Waals surface area contributed by atoms with E-state index in [0.717, 1.165) is 27.8 Å². The first kappa shape index (κ1) is 15.2. The Kier molecular flexibility index (Phi) is 3.38. The largest absolute Gasteiger partial charge is 0.416 e. The highest BCUT2D eigenvalue weighted by molar-refractivity contribution is 7.14. The zero-order valence-corrected chi connectivity index (χ0v) is 13.7. The smallest absolute Gasteiger partial charge is 0.209 e. The van der Waals surface area contributed by atoms with Gasteiger partial charge in [-0.1, -0.05) is 35.6 Å². The SMILES string of the molecule is Cc1csc2n1c1ccccc1[n+]2Cc1cccc(C(F)(F)F)c1. The van der Waals surface area contributed by atoms with Gasteiger partial charge in [0.25, 0.3) is 0 Å². The van der Waals surface area contributed by atoms with Crippen molar-refractivity contribution >= 4 is 27.3 Å². The van der Waals surface area contributed by atoms with Crippen molar-refractivity contribution in [2.45, 2.75) is 19.6 Å². The topological polar surface area (TPSA) is 8.29 Å². The van der Waals surface area contributed by atoms with E-state index in [1.165, 1.54) is 12.1 Å². The summed E-state index contributed by atoms with van der Waals surface area (Å²) in [6, 6.07) is 13.5. The summed E-state index contributed by atoms with van der Waals surface area (Å²) in [6.45, 7) is 2.44. The summed E-state index contributed by atoms with van der Waals surface area (Å²) in [7, 11) is 0. The molecule has 0 saturated heterocycles. The Balaban J connectivity index is 1.88. The molecule has 0 aliphatic rings. The fourth-order valence-corrected chi connectivity index (χ4v) is 4.06. The van der Waals surface area contributed by atoms with Crippen LogP contribution >= 0.6 is 11.3 Å². The summed E-state index contributed by atoms with van der Waals surface area (Å²) < 4.78 is 43.1. The van der Waals surface area contributed by atoms with Crippen molar-refractivity contribution in [3.8, 4) is 0 Å². The maximum absolute atomic E-state index is 12.9. The van der Waals surface area contributed by atoms with Gasteiger partial charge >= 0.3 is 11.1 Å². The summed E-state index contributed by atoms with van der Waals surface area (Å²) in [4.78, 5) is 1.02. The van der Waals surface area contributed by atoms with Gasteiger partial charge in [0.1, 0.15) is 12.2 Å². The number of thiazole rings is 1. The number of para-hydroxylation sites is 2. The lowest BCUT2D eigenvalue weighted by Gasteiger charge is -2.07. The minimum atomic E-state index is -4.32. The predicted molar refractivity (Wildman–Crippen MR) is 88.3 cm³/mol. The zero-order valence-electron chi connectivity index (χ0n) is 12.8. The molecule has 0 aliphatic carbocycles. The van der Waals surface area contributed by atoms with Crippen LogP contribution in [0.4, 0.5) is 13.2 Å². The standard InChI is InChI=1S/C18H14F3N2S/c1-12-11-24-17-22(15-7-2-3-8-16(15)23(12)17)10-13-5-4-6-14(9-13)18(19,20)21/h2-9,11H,10H2,1H3/q+1. The molecule has 24 heavy (non-hydrogen) atoms. The normalized spacial score (nSPS) is 12.3. The maximum atomic E-state index is 12.9. The van der Waals surface area contributed by atoms with Crippen LogP contribution in [0.3, 0.4) is 0 Å². The van der Waals surface area contributed by atoms with Gasteiger partial charge in [0, 0.05) is 5.38 Å². The van der Waals surface area contributed by atoms with Crippen LogP contribution in [-0.4, -0.2) is 4.40 Å². The molecule has 0 fully saturated rings. The first-order valence-corrected chi connectivity index (χ1v) is 8.36. The van der Waals surface area contributed by atoms with E-state index in [1.54, 1.807) is 17.4 Å². The number of nitrogens with zero attached hydrogens (tertiary/aromatic N) is 2. The number of halogens is 3. The minimum absolute atomic E-state index is 0.404. The number of aryl methyl sites for hydroxylation is 1. The van der Waals surface area contributed by atoms with Gasteiger partial charge in [-0.05, 0) is 36.8 Å². The second kappa shape index (κ2) is 5.34. The molecule has 0 bridgehead atoms. The van der Waals surface area contributed by atoms with Crippen LogP contribution in [0.15, 0.2) is 53.9 Å². The van der Waals surface area contributed by atoms with Gasteiger partial charge in [-0.15, -0.1) is 0 Å². The van der Waals surface area contributed by atoms with E-state index in [2.05, 4.69) is 14.3 Å². The Morgan fingerprint density at radius 1 is 1.08 bits per heavy atom. The highest BCUT2D eigenvalue weighted by Crippen LogP contribution is 2.30. The van der Waals surface area contributed by atoms with Gasteiger partial charge in [-0.3, -0.25) is 0 Å². The number of rotatable bonds is 2. The first-order chi connectivity index (χ1) is 11.4. The molecule has 2 aromatic heterocycles.